The minimum absolute atomic E-state index is 0.115. The molecule has 4 rings (SSSR count). The molecule has 31 heavy (non-hydrogen) atoms. The number of aliphatic hydroxyl groups excluding tert-OH is 1. The molecule has 10 heteroatoms. The molecule has 1 unspecified atom stereocenters. The fourth-order valence-corrected chi connectivity index (χ4v) is 4.09. The Morgan fingerprint density at radius 3 is 2.26 bits per heavy atom. The van der Waals surface area contributed by atoms with E-state index in [1.165, 1.54) is 29.2 Å². The van der Waals surface area contributed by atoms with Crippen LogP contribution in [0.25, 0.3) is 5.76 Å². The van der Waals surface area contributed by atoms with Gasteiger partial charge in [0.2, 0.25) is 5.13 Å². The van der Waals surface area contributed by atoms with Crippen LogP contribution < -0.4 is 4.90 Å². The summed E-state index contributed by atoms with van der Waals surface area (Å²) in [7, 11) is 0. The number of non-ortho nitro benzene ring substituents is 1. The molecule has 1 aromatic heterocycles. The summed E-state index contributed by atoms with van der Waals surface area (Å²) >= 11 is 1.13. The van der Waals surface area contributed by atoms with Crippen LogP contribution in [0.5, 0.6) is 0 Å². The van der Waals surface area contributed by atoms with Crippen LogP contribution in [0.2, 0.25) is 0 Å². The zero-order chi connectivity index (χ0) is 22.3. The first-order chi connectivity index (χ1) is 14.8. The Morgan fingerprint density at radius 2 is 1.71 bits per heavy atom. The van der Waals surface area contributed by atoms with Crippen LogP contribution in [0, 0.1) is 24.0 Å². The number of aromatic nitrogens is 2. The van der Waals surface area contributed by atoms with E-state index in [-0.39, 0.29) is 22.2 Å². The summed E-state index contributed by atoms with van der Waals surface area (Å²) in [6.07, 6.45) is 0. The van der Waals surface area contributed by atoms with Gasteiger partial charge in [-0.05, 0) is 31.5 Å². The molecule has 1 saturated heterocycles. The number of amides is 1. The first-order valence-electron chi connectivity index (χ1n) is 9.20. The quantitative estimate of drug-likeness (QED) is 0.217. The molecular weight excluding hydrogens is 420 g/mol. The van der Waals surface area contributed by atoms with Gasteiger partial charge in [-0.3, -0.25) is 24.6 Å². The summed E-state index contributed by atoms with van der Waals surface area (Å²) in [4.78, 5) is 37.6. The summed E-state index contributed by atoms with van der Waals surface area (Å²) < 4.78 is 0. The molecule has 0 spiro atoms. The van der Waals surface area contributed by atoms with Crippen molar-refractivity contribution in [2.75, 3.05) is 4.90 Å². The lowest BCUT2D eigenvalue weighted by atomic mass is 9.95. The zero-order valence-corrected chi connectivity index (χ0v) is 17.3. The highest BCUT2D eigenvalue weighted by Gasteiger charge is 2.48. The van der Waals surface area contributed by atoms with Crippen LogP contribution in [-0.4, -0.2) is 31.9 Å². The number of nitro benzene ring substituents is 1. The van der Waals surface area contributed by atoms with Gasteiger partial charge >= 0.3 is 5.91 Å². The van der Waals surface area contributed by atoms with Gasteiger partial charge in [0, 0.05) is 17.7 Å². The average Bonchev–Trinajstić information content (AvgIpc) is 3.29. The van der Waals surface area contributed by atoms with Crippen molar-refractivity contribution in [3.63, 3.8) is 0 Å². The SMILES string of the molecule is Cc1ccc(/C(O)=C2/C(=O)C(=O)N(c3nnc(C)s3)C2c2ccc([N+](=O)[O-])cc2)cc1. The van der Waals surface area contributed by atoms with Crippen LogP contribution in [-0.2, 0) is 9.59 Å². The molecule has 0 aliphatic carbocycles. The minimum atomic E-state index is -1.01. The smallest absolute Gasteiger partial charge is 0.301 e. The van der Waals surface area contributed by atoms with Gasteiger partial charge in [-0.25, -0.2) is 0 Å². The number of benzene rings is 2. The number of ketones is 1. The number of anilines is 1. The van der Waals surface area contributed by atoms with E-state index >= 15 is 0 Å². The second-order valence-electron chi connectivity index (χ2n) is 6.99. The zero-order valence-electron chi connectivity index (χ0n) is 16.5. The first-order valence-corrected chi connectivity index (χ1v) is 10.0. The van der Waals surface area contributed by atoms with Gasteiger partial charge in [0.05, 0.1) is 16.5 Å². The fraction of sp³-hybridized carbons (Fsp3) is 0.143. The first kappa shape index (κ1) is 20.4. The molecule has 2 aromatic carbocycles. The number of nitro groups is 1. The summed E-state index contributed by atoms with van der Waals surface area (Å²) in [5.41, 5.74) is 1.52. The Morgan fingerprint density at radius 1 is 1.06 bits per heavy atom. The molecule has 1 N–H and O–H groups in total. The molecule has 0 bridgehead atoms. The highest BCUT2D eigenvalue weighted by Crippen LogP contribution is 2.43. The van der Waals surface area contributed by atoms with Gasteiger partial charge in [-0.2, -0.15) is 0 Å². The van der Waals surface area contributed by atoms with Crippen LogP contribution >= 0.6 is 11.3 Å². The molecule has 1 aliphatic rings. The lowest BCUT2D eigenvalue weighted by Gasteiger charge is -2.22. The Labute approximate surface area is 180 Å². The minimum Gasteiger partial charge on any atom is -0.507 e. The number of aryl methyl sites for hydroxylation is 2. The van der Waals surface area contributed by atoms with Crippen molar-refractivity contribution in [3.05, 3.63) is 85.9 Å². The second kappa shape index (κ2) is 7.73. The maximum absolute atomic E-state index is 13.0. The topological polar surface area (TPSA) is 127 Å². The third kappa shape index (κ3) is 3.57. The molecular formula is C21H16N4O5S. The van der Waals surface area contributed by atoms with E-state index in [2.05, 4.69) is 10.2 Å². The maximum atomic E-state index is 13.0. The van der Waals surface area contributed by atoms with Gasteiger partial charge in [0.15, 0.2) is 0 Å². The number of hydrogen-bond donors (Lipinski definition) is 1. The van der Waals surface area contributed by atoms with Crippen molar-refractivity contribution in [3.8, 4) is 0 Å². The normalized spacial score (nSPS) is 17.9. The average molecular weight is 436 g/mol. The van der Waals surface area contributed by atoms with E-state index in [1.54, 1.807) is 31.2 Å². The lowest BCUT2D eigenvalue weighted by molar-refractivity contribution is -0.384. The monoisotopic (exact) mass is 436 g/mol. The van der Waals surface area contributed by atoms with E-state index in [4.69, 9.17) is 0 Å². The molecule has 9 nitrogen and oxygen atoms in total. The van der Waals surface area contributed by atoms with Gasteiger partial charge in [-0.15, -0.1) is 10.2 Å². The standard InChI is InChI=1S/C21H16N4O5S/c1-11-3-5-14(6-4-11)18(26)16-17(13-7-9-15(10-8-13)25(29)30)24(20(28)19(16)27)21-23-22-12(2)31-21/h3-10,17,26H,1-2H3/b18-16-. The van der Waals surface area contributed by atoms with Crippen molar-refractivity contribution in [1.82, 2.24) is 10.2 Å². The summed E-state index contributed by atoms with van der Waals surface area (Å²) in [5, 5.41) is 30.7. The number of nitrogens with zero attached hydrogens (tertiary/aromatic N) is 4. The Bertz CT molecular complexity index is 1230. The van der Waals surface area contributed by atoms with E-state index < -0.39 is 22.7 Å². The third-order valence-corrected chi connectivity index (χ3v) is 5.75. The molecule has 3 aromatic rings. The molecule has 1 aliphatic heterocycles. The predicted molar refractivity (Wildman–Crippen MR) is 114 cm³/mol. The fourth-order valence-electron chi connectivity index (χ4n) is 3.37. The largest absolute Gasteiger partial charge is 0.507 e. The van der Waals surface area contributed by atoms with Gasteiger partial charge in [0.25, 0.3) is 11.5 Å². The molecule has 2 heterocycles. The van der Waals surface area contributed by atoms with Crippen molar-refractivity contribution in [1.29, 1.82) is 0 Å². The number of aliphatic hydroxyl groups is 1. The second-order valence-corrected chi connectivity index (χ2v) is 8.15. The van der Waals surface area contributed by atoms with Crippen molar-refractivity contribution >= 4 is 39.6 Å². The van der Waals surface area contributed by atoms with E-state index in [9.17, 15) is 24.8 Å². The Kier molecular flexibility index (Phi) is 5.07. The highest BCUT2D eigenvalue weighted by atomic mass is 32.1. The van der Waals surface area contributed by atoms with Crippen LogP contribution in [0.1, 0.15) is 27.7 Å². The van der Waals surface area contributed by atoms with Crippen molar-refractivity contribution < 1.29 is 19.6 Å². The summed E-state index contributed by atoms with van der Waals surface area (Å²) in [5.74, 6) is -2.05. The number of hydrogen-bond acceptors (Lipinski definition) is 8. The van der Waals surface area contributed by atoms with Crippen LogP contribution in [0.15, 0.2) is 54.1 Å². The molecule has 156 valence electrons. The number of carbonyl (C=O) groups is 2. The summed E-state index contributed by atoms with van der Waals surface area (Å²) in [6.45, 7) is 3.60. The predicted octanol–water partition coefficient (Wildman–Crippen LogP) is 3.69. The Balaban J connectivity index is 1.92. The van der Waals surface area contributed by atoms with Gasteiger partial charge in [-0.1, -0.05) is 41.2 Å². The number of rotatable bonds is 4. The van der Waals surface area contributed by atoms with E-state index in [0.29, 0.717) is 16.1 Å². The number of carbonyl (C=O) groups excluding carboxylic acids is 2. The molecule has 0 radical (unpaired) electrons. The molecule has 1 atom stereocenters. The Hall–Kier alpha value is -3.92. The highest BCUT2D eigenvalue weighted by molar-refractivity contribution is 7.15. The molecule has 0 saturated carbocycles. The van der Waals surface area contributed by atoms with Gasteiger partial charge in [0.1, 0.15) is 10.8 Å². The van der Waals surface area contributed by atoms with Gasteiger partial charge < -0.3 is 5.11 Å². The third-order valence-electron chi connectivity index (χ3n) is 4.91. The van der Waals surface area contributed by atoms with E-state index in [1.807, 2.05) is 6.92 Å². The maximum Gasteiger partial charge on any atom is 0.301 e. The lowest BCUT2D eigenvalue weighted by Crippen LogP contribution is -2.29. The summed E-state index contributed by atoms with van der Waals surface area (Å²) in [6, 6.07) is 11.3. The van der Waals surface area contributed by atoms with Crippen molar-refractivity contribution in [2.24, 2.45) is 0 Å². The van der Waals surface area contributed by atoms with Crippen LogP contribution in [0.4, 0.5) is 10.8 Å². The number of Topliss-reactive ketones (excluding diaryl/α,β-unsaturated/α-hetero) is 1. The molecule has 1 fully saturated rings. The molecule has 1 amide bonds. The van der Waals surface area contributed by atoms with Crippen LogP contribution in [0.3, 0.4) is 0 Å². The van der Waals surface area contributed by atoms with Crippen molar-refractivity contribution in [2.45, 2.75) is 19.9 Å². The van der Waals surface area contributed by atoms with E-state index in [0.717, 1.165) is 16.9 Å².